The molecule has 0 aromatic heterocycles. The maximum Gasteiger partial charge on any atom is 0.224 e. The number of aliphatic hydroxyl groups excluding tert-OH is 2. The minimum Gasteiger partial charge on any atom is -0.394 e. The highest BCUT2D eigenvalue weighted by Crippen LogP contribution is 2.24. The van der Waals surface area contributed by atoms with Crippen molar-refractivity contribution in [1.82, 2.24) is 15.1 Å². The van der Waals surface area contributed by atoms with Crippen LogP contribution in [0.4, 0.5) is 0 Å². The number of benzene rings is 1. The van der Waals surface area contributed by atoms with Crippen LogP contribution in [-0.4, -0.2) is 83.9 Å². The number of likely N-dealkylation sites (tertiary alicyclic amines) is 2. The quantitative estimate of drug-likeness (QED) is 0.615. The SMILES string of the molecule is O=C(NC(CO)CO)[C@H]1CCCN(C2CCN(CCc3ccccc3)CC2)C1. The normalized spacial score (nSPS) is 22.5. The zero-order valence-corrected chi connectivity index (χ0v) is 16.8. The fraction of sp³-hybridized carbons (Fsp3) is 0.682. The number of nitrogens with one attached hydrogen (secondary N) is 1. The Morgan fingerprint density at radius 1 is 1.07 bits per heavy atom. The third kappa shape index (κ3) is 6.01. The highest BCUT2D eigenvalue weighted by Gasteiger charge is 2.32. The van der Waals surface area contributed by atoms with Crippen molar-refractivity contribution in [1.29, 1.82) is 0 Å². The van der Waals surface area contributed by atoms with Crippen LogP contribution in [0.25, 0.3) is 0 Å². The molecule has 28 heavy (non-hydrogen) atoms. The number of hydrogen-bond acceptors (Lipinski definition) is 5. The maximum absolute atomic E-state index is 12.5. The van der Waals surface area contributed by atoms with E-state index < -0.39 is 6.04 Å². The monoisotopic (exact) mass is 389 g/mol. The van der Waals surface area contributed by atoms with Gasteiger partial charge in [0.15, 0.2) is 0 Å². The Labute approximate surface area is 168 Å². The van der Waals surface area contributed by atoms with Crippen molar-refractivity contribution in [2.45, 2.75) is 44.2 Å². The van der Waals surface area contributed by atoms with E-state index in [1.54, 1.807) is 0 Å². The third-order valence-electron chi connectivity index (χ3n) is 6.24. The molecule has 0 unspecified atom stereocenters. The first kappa shape index (κ1) is 21.2. The molecule has 1 aromatic carbocycles. The van der Waals surface area contributed by atoms with E-state index in [2.05, 4.69) is 45.4 Å². The van der Waals surface area contributed by atoms with E-state index in [9.17, 15) is 15.0 Å². The summed E-state index contributed by atoms with van der Waals surface area (Å²) < 4.78 is 0. The molecule has 2 aliphatic rings. The van der Waals surface area contributed by atoms with Gasteiger partial charge in [-0.05, 0) is 57.3 Å². The van der Waals surface area contributed by atoms with E-state index in [0.29, 0.717) is 6.04 Å². The summed E-state index contributed by atoms with van der Waals surface area (Å²) in [6, 6.07) is 10.7. The molecule has 156 valence electrons. The number of carbonyl (C=O) groups is 1. The summed E-state index contributed by atoms with van der Waals surface area (Å²) in [6.07, 6.45) is 5.36. The van der Waals surface area contributed by atoms with Gasteiger partial charge in [-0.25, -0.2) is 0 Å². The summed E-state index contributed by atoms with van der Waals surface area (Å²) in [5, 5.41) is 21.1. The standard InChI is InChI=1S/C22H35N3O3/c26-16-20(17-27)23-22(28)19-7-4-11-25(15-19)21-9-13-24(14-10-21)12-8-18-5-2-1-3-6-18/h1-3,5-6,19-21,26-27H,4,7-17H2,(H,23,28)/t19-/m0/s1. The number of amides is 1. The van der Waals surface area contributed by atoms with Crippen LogP contribution in [0.2, 0.25) is 0 Å². The highest BCUT2D eigenvalue weighted by atomic mass is 16.3. The molecule has 2 aliphatic heterocycles. The molecular weight excluding hydrogens is 354 g/mol. The van der Waals surface area contributed by atoms with Gasteiger partial charge in [-0.1, -0.05) is 30.3 Å². The van der Waals surface area contributed by atoms with Crippen LogP contribution in [0.15, 0.2) is 30.3 Å². The molecule has 3 N–H and O–H groups in total. The van der Waals surface area contributed by atoms with Gasteiger partial charge >= 0.3 is 0 Å². The number of nitrogens with zero attached hydrogens (tertiary/aromatic N) is 2. The summed E-state index contributed by atoms with van der Waals surface area (Å²) in [7, 11) is 0. The van der Waals surface area contributed by atoms with Crippen LogP contribution in [0.1, 0.15) is 31.2 Å². The zero-order chi connectivity index (χ0) is 19.8. The second kappa shape index (κ2) is 10.9. The molecule has 0 spiro atoms. The van der Waals surface area contributed by atoms with Gasteiger partial charge in [0.25, 0.3) is 0 Å². The second-order valence-electron chi connectivity index (χ2n) is 8.21. The molecular formula is C22H35N3O3. The smallest absolute Gasteiger partial charge is 0.224 e. The number of hydrogen-bond donors (Lipinski definition) is 3. The molecule has 0 radical (unpaired) electrons. The van der Waals surface area contributed by atoms with E-state index in [0.717, 1.165) is 52.0 Å². The van der Waals surface area contributed by atoms with Crippen molar-refractivity contribution in [3.8, 4) is 0 Å². The first-order valence-electron chi connectivity index (χ1n) is 10.7. The molecule has 2 saturated heterocycles. The minimum absolute atomic E-state index is 0.0295. The highest BCUT2D eigenvalue weighted by molar-refractivity contribution is 5.79. The molecule has 6 nitrogen and oxygen atoms in total. The largest absolute Gasteiger partial charge is 0.394 e. The minimum atomic E-state index is -0.546. The molecule has 1 aromatic rings. The summed E-state index contributed by atoms with van der Waals surface area (Å²) in [4.78, 5) is 17.5. The summed E-state index contributed by atoms with van der Waals surface area (Å²) in [6.45, 7) is 4.79. The van der Waals surface area contributed by atoms with Gasteiger partial charge in [0.05, 0.1) is 25.2 Å². The molecule has 0 bridgehead atoms. The Morgan fingerprint density at radius 2 is 1.79 bits per heavy atom. The number of aliphatic hydroxyl groups is 2. The fourth-order valence-corrected chi connectivity index (χ4v) is 4.46. The predicted octanol–water partition coefficient (Wildman–Crippen LogP) is 0.875. The second-order valence-corrected chi connectivity index (χ2v) is 8.21. The van der Waals surface area contributed by atoms with E-state index in [1.807, 2.05) is 0 Å². The van der Waals surface area contributed by atoms with Crippen LogP contribution >= 0.6 is 0 Å². The molecule has 3 rings (SSSR count). The molecule has 0 aliphatic carbocycles. The van der Waals surface area contributed by atoms with Crippen molar-refractivity contribution in [2.24, 2.45) is 5.92 Å². The number of rotatable bonds is 8. The molecule has 1 amide bonds. The van der Waals surface area contributed by atoms with Gasteiger partial charge in [-0.3, -0.25) is 9.69 Å². The average molecular weight is 390 g/mol. The van der Waals surface area contributed by atoms with Crippen LogP contribution in [0.5, 0.6) is 0 Å². The lowest BCUT2D eigenvalue weighted by atomic mass is 9.93. The van der Waals surface area contributed by atoms with E-state index in [1.165, 1.54) is 18.4 Å². The Balaban J connectivity index is 1.41. The van der Waals surface area contributed by atoms with Crippen molar-refractivity contribution < 1.29 is 15.0 Å². The van der Waals surface area contributed by atoms with Crippen molar-refractivity contribution in [3.63, 3.8) is 0 Å². The van der Waals surface area contributed by atoms with Gasteiger partial charge in [0, 0.05) is 19.1 Å². The average Bonchev–Trinajstić information content (AvgIpc) is 2.77. The van der Waals surface area contributed by atoms with Gasteiger partial charge in [-0.2, -0.15) is 0 Å². The van der Waals surface area contributed by atoms with Crippen LogP contribution in [-0.2, 0) is 11.2 Å². The van der Waals surface area contributed by atoms with E-state index in [4.69, 9.17) is 0 Å². The molecule has 0 saturated carbocycles. The Bertz CT molecular complexity index is 586. The Hall–Kier alpha value is -1.47. The number of carbonyl (C=O) groups excluding carboxylic acids is 1. The Morgan fingerprint density at radius 3 is 2.46 bits per heavy atom. The van der Waals surface area contributed by atoms with Crippen molar-refractivity contribution >= 4 is 5.91 Å². The van der Waals surface area contributed by atoms with Crippen LogP contribution in [0.3, 0.4) is 0 Å². The lowest BCUT2D eigenvalue weighted by Gasteiger charge is -2.42. The predicted molar refractivity (Wildman–Crippen MR) is 110 cm³/mol. The first-order chi connectivity index (χ1) is 13.7. The lowest BCUT2D eigenvalue weighted by Crippen LogP contribution is -2.52. The number of piperidine rings is 2. The summed E-state index contributed by atoms with van der Waals surface area (Å²) >= 11 is 0. The molecule has 1 atom stereocenters. The lowest BCUT2D eigenvalue weighted by molar-refractivity contribution is -0.128. The van der Waals surface area contributed by atoms with Crippen LogP contribution < -0.4 is 5.32 Å². The maximum atomic E-state index is 12.5. The van der Waals surface area contributed by atoms with Gasteiger partial charge < -0.3 is 20.4 Å². The van der Waals surface area contributed by atoms with Crippen molar-refractivity contribution in [3.05, 3.63) is 35.9 Å². The van der Waals surface area contributed by atoms with E-state index in [-0.39, 0.29) is 25.0 Å². The van der Waals surface area contributed by atoms with Gasteiger partial charge in [-0.15, -0.1) is 0 Å². The summed E-state index contributed by atoms with van der Waals surface area (Å²) in [5.74, 6) is -0.0662. The molecule has 2 fully saturated rings. The van der Waals surface area contributed by atoms with Crippen LogP contribution in [0, 0.1) is 5.92 Å². The fourth-order valence-electron chi connectivity index (χ4n) is 4.46. The van der Waals surface area contributed by atoms with Gasteiger partial charge in [0.2, 0.25) is 5.91 Å². The molecule has 6 heteroatoms. The van der Waals surface area contributed by atoms with Crippen molar-refractivity contribution in [2.75, 3.05) is 45.9 Å². The zero-order valence-electron chi connectivity index (χ0n) is 16.8. The third-order valence-corrected chi connectivity index (χ3v) is 6.24. The Kier molecular flexibility index (Phi) is 8.27. The molecule has 2 heterocycles. The topological polar surface area (TPSA) is 76.0 Å². The van der Waals surface area contributed by atoms with E-state index >= 15 is 0 Å². The van der Waals surface area contributed by atoms with Gasteiger partial charge in [0.1, 0.15) is 0 Å². The first-order valence-corrected chi connectivity index (χ1v) is 10.7. The summed E-state index contributed by atoms with van der Waals surface area (Å²) in [5.41, 5.74) is 1.40.